The summed E-state index contributed by atoms with van der Waals surface area (Å²) < 4.78 is 13.0. The molecule has 0 saturated heterocycles. The molecule has 1 amide bonds. The summed E-state index contributed by atoms with van der Waals surface area (Å²) in [4.78, 5) is 12.5. The van der Waals surface area contributed by atoms with Crippen LogP contribution in [0.4, 0.5) is 4.39 Å². The number of fused-ring (bicyclic) bond motifs is 1. The largest absolute Gasteiger partial charge is 0.345 e. The van der Waals surface area contributed by atoms with Gasteiger partial charge in [0.1, 0.15) is 5.82 Å². The third-order valence-electron chi connectivity index (χ3n) is 3.75. The van der Waals surface area contributed by atoms with Crippen LogP contribution in [0.5, 0.6) is 0 Å². The number of hydrogen-bond acceptors (Lipinski definition) is 1. The molecule has 3 aromatic rings. The molecule has 0 aromatic heterocycles. The van der Waals surface area contributed by atoms with E-state index in [4.69, 9.17) is 0 Å². The van der Waals surface area contributed by atoms with E-state index >= 15 is 0 Å². The topological polar surface area (TPSA) is 29.1 Å². The summed E-state index contributed by atoms with van der Waals surface area (Å²) in [5, 5.41) is 4.92. The fraction of sp³-hybridized carbons (Fsp3) is 0.105. The van der Waals surface area contributed by atoms with Crippen molar-refractivity contribution in [3.8, 4) is 0 Å². The summed E-state index contributed by atoms with van der Waals surface area (Å²) in [5.41, 5.74) is 1.52. The summed E-state index contributed by atoms with van der Waals surface area (Å²) in [6.07, 6.45) is 0. The highest BCUT2D eigenvalue weighted by Gasteiger charge is 2.13. The van der Waals surface area contributed by atoms with Gasteiger partial charge in [-0.3, -0.25) is 4.79 Å². The van der Waals surface area contributed by atoms with Crippen LogP contribution in [0.1, 0.15) is 28.9 Å². The summed E-state index contributed by atoms with van der Waals surface area (Å²) >= 11 is 0. The Hall–Kier alpha value is -2.68. The zero-order valence-electron chi connectivity index (χ0n) is 12.2. The lowest BCUT2D eigenvalue weighted by Gasteiger charge is -2.15. The molecule has 3 aromatic carbocycles. The van der Waals surface area contributed by atoms with Gasteiger partial charge in [0.15, 0.2) is 0 Å². The normalized spacial score (nSPS) is 12.1. The van der Waals surface area contributed by atoms with E-state index in [9.17, 15) is 9.18 Å². The van der Waals surface area contributed by atoms with E-state index in [0.717, 1.165) is 16.3 Å². The van der Waals surface area contributed by atoms with Crippen LogP contribution in [0.3, 0.4) is 0 Å². The number of halogens is 1. The lowest BCUT2D eigenvalue weighted by atomic mass is 10.0. The predicted molar refractivity (Wildman–Crippen MR) is 86.2 cm³/mol. The minimum Gasteiger partial charge on any atom is -0.345 e. The average Bonchev–Trinajstić information content (AvgIpc) is 2.54. The zero-order valence-corrected chi connectivity index (χ0v) is 12.2. The average molecular weight is 293 g/mol. The van der Waals surface area contributed by atoms with Gasteiger partial charge < -0.3 is 5.32 Å². The van der Waals surface area contributed by atoms with E-state index in [1.54, 1.807) is 12.1 Å². The van der Waals surface area contributed by atoms with Crippen molar-refractivity contribution in [3.05, 3.63) is 83.7 Å². The summed E-state index contributed by atoms with van der Waals surface area (Å²) in [6.45, 7) is 1.89. The first-order valence-electron chi connectivity index (χ1n) is 7.19. The molecule has 0 saturated carbocycles. The first-order chi connectivity index (χ1) is 10.6. The molecule has 0 aliphatic heterocycles. The Morgan fingerprint density at radius 2 is 1.64 bits per heavy atom. The van der Waals surface area contributed by atoms with Gasteiger partial charge in [0.2, 0.25) is 0 Å². The SMILES string of the molecule is CC(NC(=O)c1cccc2ccccc12)c1ccc(F)cc1. The Kier molecular flexibility index (Phi) is 3.88. The maximum Gasteiger partial charge on any atom is 0.252 e. The molecule has 2 nitrogen and oxygen atoms in total. The summed E-state index contributed by atoms with van der Waals surface area (Å²) in [7, 11) is 0. The van der Waals surface area contributed by atoms with Crippen molar-refractivity contribution in [2.24, 2.45) is 0 Å². The van der Waals surface area contributed by atoms with Crippen molar-refractivity contribution in [2.45, 2.75) is 13.0 Å². The van der Waals surface area contributed by atoms with Crippen LogP contribution < -0.4 is 5.32 Å². The third-order valence-corrected chi connectivity index (χ3v) is 3.75. The smallest absolute Gasteiger partial charge is 0.252 e. The van der Waals surface area contributed by atoms with Crippen molar-refractivity contribution >= 4 is 16.7 Å². The standard InChI is InChI=1S/C19H16FNO/c1-13(14-9-11-16(20)12-10-14)21-19(22)18-8-4-6-15-5-2-3-7-17(15)18/h2-13H,1H3,(H,21,22). The van der Waals surface area contributed by atoms with Crippen LogP contribution in [-0.4, -0.2) is 5.91 Å². The molecule has 0 aliphatic carbocycles. The second-order valence-electron chi connectivity index (χ2n) is 5.27. The van der Waals surface area contributed by atoms with E-state index in [2.05, 4.69) is 5.32 Å². The van der Waals surface area contributed by atoms with Crippen molar-refractivity contribution in [1.29, 1.82) is 0 Å². The maximum atomic E-state index is 13.0. The lowest BCUT2D eigenvalue weighted by molar-refractivity contribution is 0.0941. The van der Waals surface area contributed by atoms with Crippen molar-refractivity contribution < 1.29 is 9.18 Å². The molecule has 0 radical (unpaired) electrons. The predicted octanol–water partition coefficient (Wildman–Crippen LogP) is 4.47. The first kappa shape index (κ1) is 14.3. The molecular weight excluding hydrogens is 277 g/mol. The minimum atomic E-state index is -0.281. The summed E-state index contributed by atoms with van der Waals surface area (Å²) in [5.74, 6) is -0.412. The molecule has 1 atom stereocenters. The number of nitrogens with one attached hydrogen (secondary N) is 1. The second-order valence-corrected chi connectivity index (χ2v) is 5.27. The molecule has 1 N–H and O–H groups in total. The number of rotatable bonds is 3. The van der Waals surface area contributed by atoms with Gasteiger partial charge in [-0.25, -0.2) is 4.39 Å². The fourth-order valence-electron chi connectivity index (χ4n) is 2.53. The van der Waals surface area contributed by atoms with Gasteiger partial charge in [-0.2, -0.15) is 0 Å². The van der Waals surface area contributed by atoms with E-state index in [0.29, 0.717) is 5.56 Å². The van der Waals surface area contributed by atoms with Crippen LogP contribution in [-0.2, 0) is 0 Å². The summed E-state index contributed by atoms with van der Waals surface area (Å²) in [6, 6.07) is 19.4. The second kappa shape index (κ2) is 5.98. The van der Waals surface area contributed by atoms with Crippen molar-refractivity contribution in [1.82, 2.24) is 5.32 Å². The van der Waals surface area contributed by atoms with Gasteiger partial charge in [0, 0.05) is 5.56 Å². The van der Waals surface area contributed by atoms with Gasteiger partial charge in [0.05, 0.1) is 6.04 Å². The Bertz CT molecular complexity index is 806. The first-order valence-corrected chi connectivity index (χ1v) is 7.19. The van der Waals surface area contributed by atoms with Crippen molar-refractivity contribution in [3.63, 3.8) is 0 Å². The van der Waals surface area contributed by atoms with Gasteiger partial charge in [-0.1, -0.05) is 48.5 Å². The quantitative estimate of drug-likeness (QED) is 0.758. The van der Waals surface area contributed by atoms with Crippen LogP contribution in [0.2, 0.25) is 0 Å². The minimum absolute atomic E-state index is 0.131. The molecule has 22 heavy (non-hydrogen) atoms. The maximum absolute atomic E-state index is 13.0. The van der Waals surface area contributed by atoms with E-state index in [-0.39, 0.29) is 17.8 Å². The number of amides is 1. The van der Waals surface area contributed by atoms with Crippen LogP contribution in [0.15, 0.2) is 66.7 Å². The third kappa shape index (κ3) is 2.84. The van der Waals surface area contributed by atoms with Gasteiger partial charge in [0.25, 0.3) is 5.91 Å². The van der Waals surface area contributed by atoms with Gasteiger partial charge >= 0.3 is 0 Å². The van der Waals surface area contributed by atoms with E-state index in [1.165, 1.54) is 12.1 Å². The molecule has 0 spiro atoms. The highest BCUT2D eigenvalue weighted by atomic mass is 19.1. The highest BCUT2D eigenvalue weighted by Crippen LogP contribution is 2.20. The monoisotopic (exact) mass is 293 g/mol. The lowest BCUT2D eigenvalue weighted by Crippen LogP contribution is -2.26. The molecule has 3 rings (SSSR count). The van der Waals surface area contributed by atoms with Crippen molar-refractivity contribution in [2.75, 3.05) is 0 Å². The molecule has 0 heterocycles. The zero-order chi connectivity index (χ0) is 15.5. The Morgan fingerprint density at radius 3 is 2.41 bits per heavy atom. The molecule has 1 unspecified atom stereocenters. The van der Waals surface area contributed by atoms with Crippen LogP contribution >= 0.6 is 0 Å². The Morgan fingerprint density at radius 1 is 0.955 bits per heavy atom. The van der Waals surface area contributed by atoms with Crippen LogP contribution in [0, 0.1) is 5.82 Å². The Balaban J connectivity index is 1.85. The number of benzene rings is 3. The molecular formula is C19H16FNO. The number of carbonyl (C=O) groups excluding carboxylic acids is 1. The van der Waals surface area contributed by atoms with Gasteiger partial charge in [-0.05, 0) is 41.5 Å². The molecule has 0 aliphatic rings. The molecule has 0 fully saturated rings. The highest BCUT2D eigenvalue weighted by molar-refractivity contribution is 6.07. The van der Waals surface area contributed by atoms with E-state index in [1.807, 2.05) is 49.4 Å². The molecule has 110 valence electrons. The molecule has 3 heteroatoms. The molecule has 0 bridgehead atoms. The van der Waals surface area contributed by atoms with Gasteiger partial charge in [-0.15, -0.1) is 0 Å². The van der Waals surface area contributed by atoms with Crippen LogP contribution in [0.25, 0.3) is 10.8 Å². The number of carbonyl (C=O) groups is 1. The Labute approximate surface area is 128 Å². The number of hydrogen-bond donors (Lipinski definition) is 1. The van der Waals surface area contributed by atoms with E-state index < -0.39 is 0 Å². The fourth-order valence-corrected chi connectivity index (χ4v) is 2.53.